The summed E-state index contributed by atoms with van der Waals surface area (Å²) in [6.45, 7) is 0. The summed E-state index contributed by atoms with van der Waals surface area (Å²) >= 11 is 0. The second kappa shape index (κ2) is 5.62. The fraction of sp³-hybridized carbons (Fsp3) is 0.800. The van der Waals surface area contributed by atoms with Crippen molar-refractivity contribution < 1.29 is 9.59 Å². The number of carbonyl (C=O) groups is 2. The molecule has 0 spiro atoms. The standard InChI is InChI=1S/C10H18N2O2/c11-9(13)6-7-10(14)12-8-4-2-1-3-5-8/h8H,1-7H2,(H2,11,13)(H,12,14). The van der Waals surface area contributed by atoms with Crippen LogP contribution in [0.2, 0.25) is 0 Å². The van der Waals surface area contributed by atoms with E-state index in [0.717, 1.165) is 12.8 Å². The third kappa shape index (κ3) is 4.25. The summed E-state index contributed by atoms with van der Waals surface area (Å²) in [7, 11) is 0. The lowest BCUT2D eigenvalue weighted by molar-refractivity contribution is -0.125. The molecule has 0 aromatic carbocycles. The first kappa shape index (κ1) is 11.0. The van der Waals surface area contributed by atoms with Gasteiger partial charge in [-0.1, -0.05) is 19.3 Å². The van der Waals surface area contributed by atoms with Gasteiger partial charge in [0.2, 0.25) is 11.8 Å². The van der Waals surface area contributed by atoms with E-state index in [1.165, 1.54) is 19.3 Å². The SMILES string of the molecule is NC(=O)CCC(=O)NC1CCCCC1. The van der Waals surface area contributed by atoms with E-state index < -0.39 is 5.91 Å². The van der Waals surface area contributed by atoms with Gasteiger partial charge in [0.05, 0.1) is 0 Å². The van der Waals surface area contributed by atoms with Gasteiger partial charge in [0.25, 0.3) is 0 Å². The van der Waals surface area contributed by atoms with Gasteiger partial charge in [-0.3, -0.25) is 9.59 Å². The van der Waals surface area contributed by atoms with Crippen LogP contribution >= 0.6 is 0 Å². The van der Waals surface area contributed by atoms with Crippen molar-refractivity contribution in [2.75, 3.05) is 0 Å². The molecule has 3 N–H and O–H groups in total. The summed E-state index contributed by atoms with van der Waals surface area (Å²) in [4.78, 5) is 21.7. The maximum Gasteiger partial charge on any atom is 0.220 e. The minimum atomic E-state index is -0.413. The first-order chi connectivity index (χ1) is 6.68. The lowest BCUT2D eigenvalue weighted by Gasteiger charge is -2.22. The Balaban J connectivity index is 2.15. The Morgan fingerprint density at radius 3 is 2.36 bits per heavy atom. The van der Waals surface area contributed by atoms with Crippen molar-refractivity contribution in [2.24, 2.45) is 5.73 Å². The minimum absolute atomic E-state index is 0.0456. The molecule has 0 heterocycles. The van der Waals surface area contributed by atoms with Gasteiger partial charge in [0, 0.05) is 18.9 Å². The minimum Gasteiger partial charge on any atom is -0.370 e. The molecule has 0 aliphatic heterocycles. The van der Waals surface area contributed by atoms with Crippen LogP contribution in [0.1, 0.15) is 44.9 Å². The monoisotopic (exact) mass is 198 g/mol. The maximum absolute atomic E-state index is 11.3. The summed E-state index contributed by atoms with van der Waals surface area (Å²) in [5, 5.41) is 2.93. The molecule has 1 fully saturated rings. The van der Waals surface area contributed by atoms with Crippen molar-refractivity contribution in [2.45, 2.75) is 51.0 Å². The van der Waals surface area contributed by atoms with Gasteiger partial charge in [-0.25, -0.2) is 0 Å². The number of rotatable bonds is 4. The zero-order valence-corrected chi connectivity index (χ0v) is 8.42. The average Bonchev–Trinajstić information content (AvgIpc) is 2.16. The largest absolute Gasteiger partial charge is 0.370 e. The molecule has 0 saturated heterocycles. The van der Waals surface area contributed by atoms with Crippen LogP contribution in [0.3, 0.4) is 0 Å². The van der Waals surface area contributed by atoms with Crippen molar-refractivity contribution in [1.29, 1.82) is 0 Å². The molecule has 2 amide bonds. The lowest BCUT2D eigenvalue weighted by Crippen LogP contribution is -2.36. The number of hydrogen-bond acceptors (Lipinski definition) is 2. The van der Waals surface area contributed by atoms with E-state index in [9.17, 15) is 9.59 Å². The number of amides is 2. The van der Waals surface area contributed by atoms with Crippen LogP contribution in [0, 0.1) is 0 Å². The number of primary amides is 1. The normalized spacial score (nSPS) is 17.7. The Bertz CT molecular complexity index is 210. The van der Waals surface area contributed by atoms with E-state index in [2.05, 4.69) is 5.32 Å². The van der Waals surface area contributed by atoms with E-state index in [1.807, 2.05) is 0 Å². The highest BCUT2D eigenvalue weighted by Gasteiger charge is 2.15. The Hall–Kier alpha value is -1.06. The topological polar surface area (TPSA) is 72.2 Å². The molecule has 1 aliphatic carbocycles. The fourth-order valence-electron chi connectivity index (χ4n) is 1.78. The zero-order valence-electron chi connectivity index (χ0n) is 8.42. The Kier molecular flexibility index (Phi) is 4.43. The number of hydrogen-bond donors (Lipinski definition) is 2. The van der Waals surface area contributed by atoms with E-state index >= 15 is 0 Å². The van der Waals surface area contributed by atoms with Crippen molar-refractivity contribution in [3.8, 4) is 0 Å². The summed E-state index contributed by atoms with van der Waals surface area (Å²) in [5.74, 6) is -0.459. The van der Waals surface area contributed by atoms with Crippen LogP contribution in [0.4, 0.5) is 0 Å². The number of nitrogens with two attached hydrogens (primary N) is 1. The Labute approximate surface area is 84.2 Å². The van der Waals surface area contributed by atoms with Crippen LogP contribution < -0.4 is 11.1 Å². The fourth-order valence-corrected chi connectivity index (χ4v) is 1.78. The highest BCUT2D eigenvalue weighted by molar-refractivity contribution is 5.82. The van der Waals surface area contributed by atoms with E-state index in [1.54, 1.807) is 0 Å². The molecular weight excluding hydrogens is 180 g/mol. The second-order valence-electron chi connectivity index (χ2n) is 3.87. The van der Waals surface area contributed by atoms with E-state index in [-0.39, 0.29) is 18.7 Å². The highest BCUT2D eigenvalue weighted by atomic mass is 16.2. The Morgan fingerprint density at radius 2 is 1.79 bits per heavy atom. The molecule has 4 heteroatoms. The number of carbonyl (C=O) groups excluding carboxylic acids is 2. The molecule has 0 radical (unpaired) electrons. The molecule has 0 atom stereocenters. The highest BCUT2D eigenvalue weighted by Crippen LogP contribution is 2.17. The zero-order chi connectivity index (χ0) is 10.4. The second-order valence-corrected chi connectivity index (χ2v) is 3.87. The first-order valence-corrected chi connectivity index (χ1v) is 5.26. The molecular formula is C10H18N2O2. The third-order valence-corrected chi connectivity index (χ3v) is 2.57. The van der Waals surface area contributed by atoms with E-state index in [0.29, 0.717) is 6.04 Å². The molecule has 0 aromatic heterocycles. The van der Waals surface area contributed by atoms with Crippen molar-refractivity contribution >= 4 is 11.8 Å². The maximum atomic E-state index is 11.3. The van der Waals surface area contributed by atoms with Crippen molar-refractivity contribution in [3.63, 3.8) is 0 Å². The predicted molar refractivity (Wildman–Crippen MR) is 53.4 cm³/mol. The van der Waals surface area contributed by atoms with Gasteiger partial charge in [-0.05, 0) is 12.8 Å². The quantitative estimate of drug-likeness (QED) is 0.698. The molecule has 0 bridgehead atoms. The molecule has 80 valence electrons. The van der Waals surface area contributed by atoms with Gasteiger partial charge >= 0.3 is 0 Å². The van der Waals surface area contributed by atoms with Crippen LogP contribution in [-0.2, 0) is 9.59 Å². The van der Waals surface area contributed by atoms with Gasteiger partial charge in [0.1, 0.15) is 0 Å². The molecule has 4 nitrogen and oxygen atoms in total. The average molecular weight is 198 g/mol. The number of nitrogens with one attached hydrogen (secondary N) is 1. The van der Waals surface area contributed by atoms with Crippen LogP contribution in [-0.4, -0.2) is 17.9 Å². The van der Waals surface area contributed by atoms with Gasteiger partial charge in [0.15, 0.2) is 0 Å². The van der Waals surface area contributed by atoms with Crippen LogP contribution in [0.15, 0.2) is 0 Å². The molecule has 1 rings (SSSR count). The van der Waals surface area contributed by atoms with Crippen molar-refractivity contribution in [1.82, 2.24) is 5.32 Å². The smallest absolute Gasteiger partial charge is 0.220 e. The van der Waals surface area contributed by atoms with Crippen LogP contribution in [0.25, 0.3) is 0 Å². The van der Waals surface area contributed by atoms with Gasteiger partial charge < -0.3 is 11.1 Å². The van der Waals surface area contributed by atoms with E-state index in [4.69, 9.17) is 5.73 Å². The first-order valence-electron chi connectivity index (χ1n) is 5.26. The predicted octanol–water partition coefficient (Wildman–Crippen LogP) is 0.701. The van der Waals surface area contributed by atoms with Gasteiger partial charge in [-0.2, -0.15) is 0 Å². The summed E-state index contributed by atoms with van der Waals surface area (Å²) in [6, 6.07) is 0.323. The lowest BCUT2D eigenvalue weighted by atomic mass is 9.95. The summed E-state index contributed by atoms with van der Waals surface area (Å²) in [5.41, 5.74) is 4.95. The van der Waals surface area contributed by atoms with Crippen LogP contribution in [0.5, 0.6) is 0 Å². The molecule has 1 saturated carbocycles. The summed E-state index contributed by atoms with van der Waals surface area (Å²) < 4.78 is 0. The molecule has 0 aromatic rings. The molecule has 14 heavy (non-hydrogen) atoms. The third-order valence-electron chi connectivity index (χ3n) is 2.57. The summed E-state index contributed by atoms with van der Waals surface area (Å²) in [6.07, 6.45) is 6.18. The van der Waals surface area contributed by atoms with Crippen molar-refractivity contribution in [3.05, 3.63) is 0 Å². The molecule has 1 aliphatic rings. The molecule has 0 unspecified atom stereocenters. The van der Waals surface area contributed by atoms with Gasteiger partial charge in [-0.15, -0.1) is 0 Å². The Morgan fingerprint density at radius 1 is 1.14 bits per heavy atom.